The highest BCUT2D eigenvalue weighted by molar-refractivity contribution is 7.99. The fourth-order valence-corrected chi connectivity index (χ4v) is 7.08. The Balaban J connectivity index is 1.05. The van der Waals surface area contributed by atoms with Crippen molar-refractivity contribution in [3.63, 3.8) is 0 Å². The standard InChI is InChI=1S/C42H38N4O5S/c1-27(48)45-33-18-20-35(21-19-33)52-26-34-22-40(30-12-10-28(25-47)11-13-30)51-42(50-34)31-16-14-29(15-17-31)36-7-3-2-6-32(36)23-44-41(49)39-24-43-37-8-4-5-9-38(37)46-39/h2-21,24,34,40,42,47H,22-23,25-26H2,1H3,(H,44,49)(H,45,48)/t34-,40+,42+/m1/s1. The molecule has 2 heterocycles. The smallest absolute Gasteiger partial charge is 0.271 e. The summed E-state index contributed by atoms with van der Waals surface area (Å²) >= 11 is 1.70. The number of nitrogens with one attached hydrogen (secondary N) is 2. The Morgan fingerprint density at radius 2 is 1.54 bits per heavy atom. The molecule has 9 nitrogen and oxygen atoms in total. The van der Waals surface area contributed by atoms with Crippen LogP contribution in [0.15, 0.2) is 132 Å². The van der Waals surface area contributed by atoms with Crippen molar-refractivity contribution in [3.8, 4) is 11.1 Å². The Morgan fingerprint density at radius 1 is 0.827 bits per heavy atom. The number of hydrogen-bond acceptors (Lipinski definition) is 8. The van der Waals surface area contributed by atoms with Crippen molar-refractivity contribution in [1.82, 2.24) is 15.3 Å². The van der Waals surface area contributed by atoms with E-state index in [2.05, 4.69) is 32.7 Å². The van der Waals surface area contributed by atoms with Gasteiger partial charge in [-0.05, 0) is 64.2 Å². The zero-order valence-electron chi connectivity index (χ0n) is 28.6. The molecule has 0 saturated carbocycles. The van der Waals surface area contributed by atoms with Gasteiger partial charge in [0.1, 0.15) is 5.69 Å². The second kappa shape index (κ2) is 16.3. The topological polar surface area (TPSA) is 123 Å². The van der Waals surface area contributed by atoms with Gasteiger partial charge in [0.25, 0.3) is 5.91 Å². The van der Waals surface area contributed by atoms with Crippen molar-refractivity contribution >= 4 is 40.3 Å². The SMILES string of the molecule is CC(=O)Nc1ccc(SC[C@H]2C[C@@H](c3ccc(CO)cc3)O[C@@H](c3ccc(-c4ccccc4CNC(=O)c4cnc5ccccc5n4)cc3)O2)cc1. The number of amides is 2. The van der Waals surface area contributed by atoms with Gasteiger partial charge in [0, 0.05) is 41.8 Å². The summed E-state index contributed by atoms with van der Waals surface area (Å²) in [5.74, 6) is 0.326. The Labute approximate surface area is 306 Å². The molecule has 7 rings (SSSR count). The minimum Gasteiger partial charge on any atom is -0.392 e. The summed E-state index contributed by atoms with van der Waals surface area (Å²) in [4.78, 5) is 34.4. The van der Waals surface area contributed by atoms with Gasteiger partial charge in [-0.3, -0.25) is 14.6 Å². The minimum absolute atomic E-state index is 0.0154. The Hall–Kier alpha value is -5.39. The highest BCUT2D eigenvalue weighted by Crippen LogP contribution is 2.40. The molecule has 1 aliphatic rings. The molecule has 0 unspecified atom stereocenters. The molecule has 52 heavy (non-hydrogen) atoms. The zero-order chi connectivity index (χ0) is 35.9. The van der Waals surface area contributed by atoms with E-state index in [0.717, 1.165) is 49.5 Å². The summed E-state index contributed by atoms with van der Waals surface area (Å²) < 4.78 is 13.1. The lowest BCUT2D eigenvalue weighted by Gasteiger charge is -2.36. The van der Waals surface area contributed by atoms with Crippen LogP contribution in [0.5, 0.6) is 0 Å². The number of aromatic nitrogens is 2. The number of thioether (sulfide) groups is 1. The van der Waals surface area contributed by atoms with Gasteiger partial charge >= 0.3 is 0 Å². The van der Waals surface area contributed by atoms with Crippen molar-refractivity contribution in [2.75, 3.05) is 11.1 Å². The highest BCUT2D eigenvalue weighted by Gasteiger charge is 2.32. The van der Waals surface area contributed by atoms with Crippen LogP contribution in [0.3, 0.4) is 0 Å². The van der Waals surface area contributed by atoms with Gasteiger partial charge in [-0.25, -0.2) is 4.98 Å². The predicted molar refractivity (Wildman–Crippen MR) is 202 cm³/mol. The Morgan fingerprint density at radius 3 is 2.29 bits per heavy atom. The molecular weight excluding hydrogens is 673 g/mol. The molecule has 1 aliphatic heterocycles. The molecule has 1 aromatic heterocycles. The Bertz CT molecular complexity index is 2160. The lowest BCUT2D eigenvalue weighted by molar-refractivity contribution is -0.245. The van der Waals surface area contributed by atoms with Gasteiger partial charge in [0.05, 0.1) is 36.0 Å². The van der Waals surface area contributed by atoms with E-state index in [0.29, 0.717) is 24.2 Å². The summed E-state index contributed by atoms with van der Waals surface area (Å²) in [5.41, 5.74) is 8.20. The Kier molecular flexibility index (Phi) is 11.0. The summed E-state index contributed by atoms with van der Waals surface area (Å²) in [6.45, 7) is 1.80. The van der Waals surface area contributed by atoms with E-state index in [9.17, 15) is 14.7 Å². The summed E-state index contributed by atoms with van der Waals surface area (Å²) in [7, 11) is 0. The van der Waals surface area contributed by atoms with Crippen LogP contribution in [-0.2, 0) is 27.4 Å². The van der Waals surface area contributed by atoms with Crippen molar-refractivity contribution in [1.29, 1.82) is 0 Å². The maximum absolute atomic E-state index is 13.0. The van der Waals surface area contributed by atoms with Gasteiger partial charge in [-0.2, -0.15) is 0 Å². The largest absolute Gasteiger partial charge is 0.392 e. The van der Waals surface area contributed by atoms with Crippen LogP contribution in [0.4, 0.5) is 5.69 Å². The first-order chi connectivity index (χ1) is 25.4. The van der Waals surface area contributed by atoms with Crippen LogP contribution < -0.4 is 10.6 Å². The average molecular weight is 711 g/mol. The first kappa shape index (κ1) is 35.0. The van der Waals surface area contributed by atoms with Gasteiger partial charge in [-0.15, -0.1) is 11.8 Å². The number of carbonyl (C=O) groups excluding carboxylic acids is 2. The molecule has 10 heteroatoms. The normalized spacial score (nSPS) is 17.1. The molecular formula is C42H38N4O5S. The number of fused-ring (bicyclic) bond motifs is 1. The number of rotatable bonds is 11. The molecule has 0 spiro atoms. The quantitative estimate of drug-likeness (QED) is 0.116. The van der Waals surface area contributed by atoms with Gasteiger partial charge in [-0.1, -0.05) is 84.9 Å². The molecule has 3 N–H and O–H groups in total. The molecule has 0 radical (unpaired) electrons. The maximum atomic E-state index is 13.0. The maximum Gasteiger partial charge on any atom is 0.271 e. The van der Waals surface area contributed by atoms with Crippen LogP contribution >= 0.6 is 11.8 Å². The minimum atomic E-state index is -0.587. The number of aliphatic hydroxyl groups excluding tert-OH is 1. The van der Waals surface area contributed by atoms with E-state index >= 15 is 0 Å². The third-order valence-electron chi connectivity index (χ3n) is 8.86. The number of hydrogen-bond donors (Lipinski definition) is 3. The summed E-state index contributed by atoms with van der Waals surface area (Å²) in [6, 6.07) is 39.3. The second-order valence-electron chi connectivity index (χ2n) is 12.6. The van der Waals surface area contributed by atoms with E-state index in [4.69, 9.17) is 9.47 Å². The number of benzene rings is 5. The fraction of sp³-hybridized carbons (Fsp3) is 0.190. The van der Waals surface area contributed by atoms with Gasteiger partial charge in [0.15, 0.2) is 6.29 Å². The van der Waals surface area contributed by atoms with Crippen LogP contribution in [0.1, 0.15) is 58.5 Å². The van der Waals surface area contributed by atoms with Gasteiger partial charge < -0.3 is 25.2 Å². The second-order valence-corrected chi connectivity index (χ2v) is 13.7. The number of para-hydroxylation sites is 2. The molecule has 0 bridgehead atoms. The molecule has 262 valence electrons. The predicted octanol–water partition coefficient (Wildman–Crippen LogP) is 8.02. The third-order valence-corrected chi connectivity index (χ3v) is 10.0. The molecule has 1 fully saturated rings. The first-order valence-corrected chi connectivity index (χ1v) is 18.1. The van der Waals surface area contributed by atoms with E-state index in [1.54, 1.807) is 11.8 Å². The lowest BCUT2D eigenvalue weighted by Crippen LogP contribution is -2.31. The third kappa shape index (κ3) is 8.55. The van der Waals surface area contributed by atoms with Crippen molar-refractivity contribution in [2.24, 2.45) is 0 Å². The van der Waals surface area contributed by atoms with Gasteiger partial charge in [0.2, 0.25) is 5.91 Å². The van der Waals surface area contributed by atoms with Crippen LogP contribution in [0.2, 0.25) is 0 Å². The van der Waals surface area contributed by atoms with Crippen LogP contribution in [0.25, 0.3) is 22.2 Å². The number of aliphatic hydroxyl groups is 1. The first-order valence-electron chi connectivity index (χ1n) is 17.1. The molecule has 5 aromatic carbocycles. The fourth-order valence-electron chi connectivity index (χ4n) is 6.16. The summed E-state index contributed by atoms with van der Waals surface area (Å²) in [5, 5.41) is 15.4. The van der Waals surface area contributed by atoms with Crippen molar-refractivity contribution in [3.05, 3.63) is 155 Å². The van der Waals surface area contributed by atoms with E-state index < -0.39 is 6.29 Å². The van der Waals surface area contributed by atoms with E-state index in [1.165, 1.54) is 13.1 Å². The number of anilines is 1. The lowest BCUT2D eigenvalue weighted by atomic mass is 9.97. The number of carbonyl (C=O) groups is 2. The van der Waals surface area contributed by atoms with Crippen molar-refractivity contribution in [2.45, 2.75) is 49.9 Å². The molecule has 3 atom stereocenters. The number of nitrogens with zero attached hydrogens (tertiary/aromatic N) is 2. The zero-order valence-corrected chi connectivity index (χ0v) is 29.4. The monoisotopic (exact) mass is 710 g/mol. The van der Waals surface area contributed by atoms with Crippen LogP contribution in [0, 0.1) is 0 Å². The highest BCUT2D eigenvalue weighted by atomic mass is 32.2. The molecule has 2 amide bonds. The van der Waals surface area contributed by atoms with E-state index in [-0.39, 0.29) is 36.3 Å². The molecule has 0 aliphatic carbocycles. The average Bonchev–Trinajstić information content (AvgIpc) is 3.19. The number of ether oxygens (including phenoxy) is 2. The van der Waals surface area contributed by atoms with Crippen molar-refractivity contribution < 1.29 is 24.2 Å². The van der Waals surface area contributed by atoms with Crippen LogP contribution in [-0.4, -0.2) is 38.7 Å². The molecule has 1 saturated heterocycles. The van der Waals surface area contributed by atoms with E-state index in [1.807, 2.05) is 109 Å². The molecule has 6 aromatic rings. The summed E-state index contributed by atoms with van der Waals surface area (Å²) in [6.07, 6.45) is 1.29.